The van der Waals surface area contributed by atoms with Crippen molar-refractivity contribution < 1.29 is 0 Å². The Kier molecular flexibility index (Phi) is 5.29. The van der Waals surface area contributed by atoms with Crippen LogP contribution in [-0.2, 0) is 13.1 Å². The molecule has 1 unspecified atom stereocenters. The summed E-state index contributed by atoms with van der Waals surface area (Å²) in [5.74, 6) is 0. The minimum atomic E-state index is 0.343. The van der Waals surface area contributed by atoms with E-state index in [0.717, 1.165) is 18.8 Å². The van der Waals surface area contributed by atoms with Gasteiger partial charge in [0.1, 0.15) is 0 Å². The summed E-state index contributed by atoms with van der Waals surface area (Å²) < 4.78 is 0. The van der Waals surface area contributed by atoms with Crippen molar-refractivity contribution in [2.45, 2.75) is 33.0 Å². The SMILES string of the molecule is Cc1ncsc1C(C)NCc1ccccc1CN(C)C. The van der Waals surface area contributed by atoms with Crippen molar-refractivity contribution in [1.82, 2.24) is 15.2 Å². The molecule has 0 radical (unpaired) electrons. The Hall–Kier alpha value is -1.23. The topological polar surface area (TPSA) is 28.2 Å². The highest BCUT2D eigenvalue weighted by molar-refractivity contribution is 7.09. The highest BCUT2D eigenvalue weighted by Crippen LogP contribution is 2.22. The smallest absolute Gasteiger partial charge is 0.0798 e. The molecule has 0 spiro atoms. The van der Waals surface area contributed by atoms with Crippen LogP contribution in [0.5, 0.6) is 0 Å². The molecule has 2 aromatic rings. The quantitative estimate of drug-likeness (QED) is 0.884. The van der Waals surface area contributed by atoms with Crippen molar-refractivity contribution in [3.63, 3.8) is 0 Å². The van der Waals surface area contributed by atoms with Gasteiger partial charge in [0.05, 0.1) is 11.2 Å². The van der Waals surface area contributed by atoms with E-state index in [1.165, 1.54) is 16.0 Å². The standard InChI is InChI=1S/C16H23N3S/c1-12(16-13(2)18-11-20-16)17-9-14-7-5-6-8-15(14)10-19(3)4/h5-8,11-12,17H,9-10H2,1-4H3. The van der Waals surface area contributed by atoms with Gasteiger partial charge in [-0.25, -0.2) is 4.98 Å². The molecule has 0 aliphatic carbocycles. The van der Waals surface area contributed by atoms with E-state index in [4.69, 9.17) is 0 Å². The Bertz CT molecular complexity index is 548. The number of rotatable bonds is 6. The fourth-order valence-corrected chi connectivity index (χ4v) is 3.14. The van der Waals surface area contributed by atoms with Gasteiger partial charge >= 0.3 is 0 Å². The van der Waals surface area contributed by atoms with Crippen LogP contribution in [0.4, 0.5) is 0 Å². The molecule has 1 aromatic carbocycles. The van der Waals surface area contributed by atoms with E-state index in [0.29, 0.717) is 6.04 Å². The first-order valence-electron chi connectivity index (χ1n) is 6.92. The van der Waals surface area contributed by atoms with E-state index in [1.807, 2.05) is 5.51 Å². The zero-order valence-electron chi connectivity index (χ0n) is 12.7. The lowest BCUT2D eigenvalue weighted by Gasteiger charge is -2.17. The number of hydrogen-bond donors (Lipinski definition) is 1. The summed E-state index contributed by atoms with van der Waals surface area (Å²) >= 11 is 1.73. The van der Waals surface area contributed by atoms with Crippen molar-refractivity contribution >= 4 is 11.3 Å². The number of thiazole rings is 1. The van der Waals surface area contributed by atoms with Crippen molar-refractivity contribution in [2.24, 2.45) is 0 Å². The van der Waals surface area contributed by atoms with Crippen LogP contribution in [-0.4, -0.2) is 24.0 Å². The van der Waals surface area contributed by atoms with Crippen LogP contribution in [0.1, 0.15) is 34.7 Å². The Morgan fingerprint density at radius 3 is 2.55 bits per heavy atom. The lowest BCUT2D eigenvalue weighted by Crippen LogP contribution is -2.20. The molecule has 0 bridgehead atoms. The molecule has 3 nitrogen and oxygen atoms in total. The van der Waals surface area contributed by atoms with Gasteiger partial charge in [0.15, 0.2) is 0 Å². The van der Waals surface area contributed by atoms with Gasteiger partial charge in [-0.15, -0.1) is 11.3 Å². The minimum Gasteiger partial charge on any atom is -0.305 e. The zero-order chi connectivity index (χ0) is 14.5. The van der Waals surface area contributed by atoms with Gasteiger partial charge < -0.3 is 10.2 Å². The Balaban J connectivity index is 2.02. The molecule has 0 fully saturated rings. The molecule has 2 rings (SSSR count). The van der Waals surface area contributed by atoms with Crippen LogP contribution in [0.3, 0.4) is 0 Å². The summed E-state index contributed by atoms with van der Waals surface area (Å²) in [6.07, 6.45) is 0. The molecule has 0 aliphatic rings. The third kappa shape index (κ3) is 3.88. The lowest BCUT2D eigenvalue weighted by atomic mass is 10.1. The average molecular weight is 289 g/mol. The molecule has 0 saturated carbocycles. The van der Waals surface area contributed by atoms with Crippen molar-refractivity contribution in [2.75, 3.05) is 14.1 Å². The fraction of sp³-hybridized carbons (Fsp3) is 0.438. The summed E-state index contributed by atoms with van der Waals surface area (Å²) in [7, 11) is 4.21. The van der Waals surface area contributed by atoms with E-state index in [9.17, 15) is 0 Å². The van der Waals surface area contributed by atoms with Gasteiger partial charge in [-0.2, -0.15) is 0 Å². The molecule has 1 atom stereocenters. The van der Waals surface area contributed by atoms with Gasteiger partial charge in [0.25, 0.3) is 0 Å². The summed E-state index contributed by atoms with van der Waals surface area (Å²) in [5.41, 5.74) is 5.81. The fourth-order valence-electron chi connectivity index (χ4n) is 2.31. The first-order valence-corrected chi connectivity index (χ1v) is 7.80. The average Bonchev–Trinajstić information content (AvgIpc) is 2.83. The summed E-state index contributed by atoms with van der Waals surface area (Å²) in [4.78, 5) is 7.85. The van der Waals surface area contributed by atoms with Gasteiger partial charge in [-0.3, -0.25) is 0 Å². The number of nitrogens with one attached hydrogen (secondary N) is 1. The van der Waals surface area contributed by atoms with Crippen LogP contribution in [0.15, 0.2) is 29.8 Å². The van der Waals surface area contributed by atoms with Crippen LogP contribution >= 0.6 is 11.3 Å². The van der Waals surface area contributed by atoms with E-state index in [-0.39, 0.29) is 0 Å². The van der Waals surface area contributed by atoms with Crippen molar-refractivity contribution in [3.05, 3.63) is 51.5 Å². The van der Waals surface area contributed by atoms with Crippen molar-refractivity contribution in [1.29, 1.82) is 0 Å². The molecule has 1 heterocycles. The van der Waals surface area contributed by atoms with E-state index >= 15 is 0 Å². The maximum atomic E-state index is 4.32. The molecule has 1 N–H and O–H groups in total. The van der Waals surface area contributed by atoms with Gasteiger partial charge in [-0.05, 0) is 39.1 Å². The van der Waals surface area contributed by atoms with Crippen LogP contribution < -0.4 is 5.32 Å². The molecule has 0 saturated heterocycles. The Morgan fingerprint density at radius 1 is 1.25 bits per heavy atom. The summed E-state index contributed by atoms with van der Waals surface area (Å²) in [6.45, 7) is 6.15. The molecule has 108 valence electrons. The maximum Gasteiger partial charge on any atom is 0.0798 e. The number of aryl methyl sites for hydroxylation is 1. The third-order valence-corrected chi connectivity index (χ3v) is 4.49. The lowest BCUT2D eigenvalue weighted by molar-refractivity contribution is 0.400. The van der Waals surface area contributed by atoms with Gasteiger partial charge in [0, 0.05) is 24.0 Å². The molecule has 0 aliphatic heterocycles. The number of aromatic nitrogens is 1. The molecule has 4 heteroatoms. The second-order valence-corrected chi connectivity index (χ2v) is 6.30. The normalized spacial score (nSPS) is 12.8. The predicted octanol–water partition coefficient (Wildman–Crippen LogP) is 3.36. The van der Waals surface area contributed by atoms with Gasteiger partial charge in [0.2, 0.25) is 0 Å². The summed E-state index contributed by atoms with van der Waals surface area (Å²) in [5, 5.41) is 3.61. The second kappa shape index (κ2) is 6.97. The highest BCUT2D eigenvalue weighted by atomic mass is 32.1. The van der Waals surface area contributed by atoms with E-state index < -0.39 is 0 Å². The third-order valence-electron chi connectivity index (χ3n) is 3.38. The van der Waals surface area contributed by atoms with Crippen LogP contribution in [0, 0.1) is 6.92 Å². The van der Waals surface area contributed by atoms with Gasteiger partial charge in [-0.1, -0.05) is 24.3 Å². The first-order chi connectivity index (χ1) is 9.58. The first kappa shape index (κ1) is 15.2. The minimum absolute atomic E-state index is 0.343. The van der Waals surface area contributed by atoms with Crippen molar-refractivity contribution in [3.8, 4) is 0 Å². The van der Waals surface area contributed by atoms with E-state index in [1.54, 1.807) is 11.3 Å². The predicted molar refractivity (Wildman–Crippen MR) is 85.9 cm³/mol. The van der Waals surface area contributed by atoms with E-state index in [2.05, 4.69) is 67.4 Å². The Morgan fingerprint density at radius 2 is 1.95 bits per heavy atom. The molecule has 20 heavy (non-hydrogen) atoms. The van der Waals surface area contributed by atoms with Crippen LogP contribution in [0.25, 0.3) is 0 Å². The second-order valence-electron chi connectivity index (χ2n) is 5.41. The number of benzene rings is 1. The number of hydrogen-bond acceptors (Lipinski definition) is 4. The highest BCUT2D eigenvalue weighted by Gasteiger charge is 2.11. The molecular formula is C16H23N3S. The molecule has 0 amide bonds. The largest absolute Gasteiger partial charge is 0.305 e. The maximum absolute atomic E-state index is 4.32. The zero-order valence-corrected chi connectivity index (χ0v) is 13.5. The summed E-state index contributed by atoms with van der Waals surface area (Å²) in [6, 6.07) is 8.98. The molecular weight excluding hydrogens is 266 g/mol. The number of nitrogens with zero attached hydrogens (tertiary/aromatic N) is 2. The molecule has 1 aromatic heterocycles. The monoisotopic (exact) mass is 289 g/mol. The van der Waals surface area contributed by atoms with Crippen LogP contribution in [0.2, 0.25) is 0 Å². The Labute approximate surface area is 125 Å².